The molecule has 6 heteroatoms. The van der Waals surface area contributed by atoms with Crippen molar-refractivity contribution in [3.63, 3.8) is 0 Å². The number of carbonyl (C=O) groups excluding carboxylic acids is 3. The first kappa shape index (κ1) is 20.1. The Morgan fingerprint density at radius 3 is 2.04 bits per heavy atom. The minimum atomic E-state index is -0.822. The fourth-order valence-electron chi connectivity index (χ4n) is 3.52. The summed E-state index contributed by atoms with van der Waals surface area (Å²) in [5.41, 5.74) is 0.607. The van der Waals surface area contributed by atoms with Crippen LogP contribution >= 0.6 is 0 Å². The number of carbonyl (C=O) groups is 3. The van der Waals surface area contributed by atoms with Gasteiger partial charge in [0.25, 0.3) is 11.8 Å². The summed E-state index contributed by atoms with van der Waals surface area (Å²) in [5, 5.41) is 2.94. The van der Waals surface area contributed by atoms with E-state index in [1.54, 1.807) is 24.3 Å². The molecule has 0 saturated heterocycles. The molecule has 0 saturated carbocycles. The molecule has 3 amide bonds. The fraction of sp³-hybridized carbons (Fsp3) is 0.550. The van der Waals surface area contributed by atoms with E-state index in [-0.39, 0.29) is 17.2 Å². The molecule has 1 atom stereocenters. The first-order chi connectivity index (χ1) is 12.0. The number of imide groups is 1. The third-order valence-corrected chi connectivity index (χ3v) is 4.49. The molecule has 2 rings (SSSR count). The molecule has 0 radical (unpaired) electrons. The van der Waals surface area contributed by atoms with Crippen LogP contribution in [0, 0.1) is 11.3 Å². The SMILES string of the molecule is CC(C)C(C(=O)NCC(C)(C)CN(C)C)N1C(=O)c2ccccc2C1=O. The molecule has 0 aliphatic carbocycles. The number of amides is 3. The van der Waals surface area contributed by atoms with E-state index in [1.807, 2.05) is 27.9 Å². The average molecular weight is 359 g/mol. The molecule has 1 aromatic carbocycles. The molecule has 26 heavy (non-hydrogen) atoms. The average Bonchev–Trinajstić information content (AvgIpc) is 2.78. The summed E-state index contributed by atoms with van der Waals surface area (Å²) in [5.74, 6) is -1.27. The van der Waals surface area contributed by atoms with Crippen LogP contribution in [-0.4, -0.2) is 60.7 Å². The maximum absolute atomic E-state index is 12.9. The third-order valence-electron chi connectivity index (χ3n) is 4.49. The van der Waals surface area contributed by atoms with Gasteiger partial charge in [0.05, 0.1) is 11.1 Å². The smallest absolute Gasteiger partial charge is 0.262 e. The molecule has 1 N–H and O–H groups in total. The predicted molar refractivity (Wildman–Crippen MR) is 101 cm³/mol. The van der Waals surface area contributed by atoms with Crippen molar-refractivity contribution in [3.8, 4) is 0 Å². The number of nitrogens with one attached hydrogen (secondary N) is 1. The second-order valence-corrected chi connectivity index (χ2v) is 8.33. The Balaban J connectivity index is 2.18. The zero-order valence-electron chi connectivity index (χ0n) is 16.5. The van der Waals surface area contributed by atoms with Gasteiger partial charge in [-0.05, 0) is 37.6 Å². The lowest BCUT2D eigenvalue weighted by Gasteiger charge is -2.32. The van der Waals surface area contributed by atoms with Gasteiger partial charge in [-0.25, -0.2) is 0 Å². The van der Waals surface area contributed by atoms with Gasteiger partial charge >= 0.3 is 0 Å². The summed E-state index contributed by atoms with van der Waals surface area (Å²) >= 11 is 0. The largest absolute Gasteiger partial charge is 0.354 e. The Hall–Kier alpha value is -2.21. The van der Waals surface area contributed by atoms with Crippen LogP contribution in [0.4, 0.5) is 0 Å². The molecule has 0 spiro atoms. The van der Waals surface area contributed by atoms with Crippen LogP contribution in [0.15, 0.2) is 24.3 Å². The second-order valence-electron chi connectivity index (χ2n) is 8.33. The quantitative estimate of drug-likeness (QED) is 0.756. The molecule has 142 valence electrons. The molecule has 1 aliphatic heterocycles. The molecule has 0 fully saturated rings. The van der Waals surface area contributed by atoms with E-state index in [4.69, 9.17) is 0 Å². The molecule has 1 unspecified atom stereocenters. The monoisotopic (exact) mass is 359 g/mol. The highest BCUT2D eigenvalue weighted by Gasteiger charge is 2.44. The van der Waals surface area contributed by atoms with Crippen LogP contribution in [0.5, 0.6) is 0 Å². The first-order valence-corrected chi connectivity index (χ1v) is 8.94. The number of hydrogen-bond acceptors (Lipinski definition) is 4. The maximum atomic E-state index is 12.9. The van der Waals surface area contributed by atoms with E-state index >= 15 is 0 Å². The Kier molecular flexibility index (Phi) is 5.86. The highest BCUT2D eigenvalue weighted by molar-refractivity contribution is 6.22. The van der Waals surface area contributed by atoms with Crippen molar-refractivity contribution in [2.75, 3.05) is 27.2 Å². The molecule has 6 nitrogen and oxygen atoms in total. The fourth-order valence-corrected chi connectivity index (χ4v) is 3.52. The van der Waals surface area contributed by atoms with E-state index in [2.05, 4.69) is 24.1 Å². The Bertz CT molecular complexity index is 675. The zero-order chi connectivity index (χ0) is 19.6. The highest BCUT2D eigenvalue weighted by atomic mass is 16.2. The van der Waals surface area contributed by atoms with Crippen molar-refractivity contribution < 1.29 is 14.4 Å². The van der Waals surface area contributed by atoms with Gasteiger partial charge in [0, 0.05) is 13.1 Å². The minimum absolute atomic E-state index is 0.122. The molecular formula is C20H29N3O3. The van der Waals surface area contributed by atoms with Gasteiger partial charge < -0.3 is 10.2 Å². The first-order valence-electron chi connectivity index (χ1n) is 8.94. The molecule has 1 aromatic rings. The van der Waals surface area contributed by atoms with Crippen LogP contribution < -0.4 is 5.32 Å². The van der Waals surface area contributed by atoms with Gasteiger partial charge in [-0.3, -0.25) is 19.3 Å². The van der Waals surface area contributed by atoms with Crippen LogP contribution in [0.1, 0.15) is 48.4 Å². The zero-order valence-corrected chi connectivity index (χ0v) is 16.5. The lowest BCUT2D eigenvalue weighted by Crippen LogP contribution is -2.54. The number of hydrogen-bond donors (Lipinski definition) is 1. The van der Waals surface area contributed by atoms with Crippen molar-refractivity contribution in [2.45, 2.75) is 33.7 Å². The summed E-state index contributed by atoms with van der Waals surface area (Å²) in [6.07, 6.45) is 0. The summed E-state index contributed by atoms with van der Waals surface area (Å²) in [4.78, 5) is 41.5. The lowest BCUT2D eigenvalue weighted by atomic mass is 9.92. The highest BCUT2D eigenvalue weighted by Crippen LogP contribution is 2.27. The van der Waals surface area contributed by atoms with Crippen molar-refractivity contribution in [1.29, 1.82) is 0 Å². The molecule has 1 aliphatic rings. The molecule has 0 aromatic heterocycles. The van der Waals surface area contributed by atoms with E-state index in [1.165, 1.54) is 0 Å². The minimum Gasteiger partial charge on any atom is -0.354 e. The van der Waals surface area contributed by atoms with E-state index in [0.29, 0.717) is 17.7 Å². The summed E-state index contributed by atoms with van der Waals surface area (Å²) in [6, 6.07) is 5.89. The molecule has 0 bridgehead atoms. The van der Waals surface area contributed by atoms with Gasteiger partial charge in [-0.15, -0.1) is 0 Å². The van der Waals surface area contributed by atoms with Gasteiger partial charge in [-0.1, -0.05) is 39.8 Å². The van der Waals surface area contributed by atoms with Gasteiger partial charge in [-0.2, -0.15) is 0 Å². The summed E-state index contributed by atoms with van der Waals surface area (Å²) in [7, 11) is 3.97. The molecular weight excluding hydrogens is 330 g/mol. The van der Waals surface area contributed by atoms with Crippen LogP contribution in [0.2, 0.25) is 0 Å². The van der Waals surface area contributed by atoms with E-state index in [9.17, 15) is 14.4 Å². The Labute approximate surface area is 155 Å². The van der Waals surface area contributed by atoms with Crippen molar-refractivity contribution in [3.05, 3.63) is 35.4 Å². The summed E-state index contributed by atoms with van der Waals surface area (Å²) in [6.45, 7) is 9.11. The Morgan fingerprint density at radius 1 is 1.12 bits per heavy atom. The van der Waals surface area contributed by atoms with E-state index < -0.39 is 17.9 Å². The Morgan fingerprint density at radius 2 is 1.62 bits per heavy atom. The predicted octanol–water partition coefficient (Wildman–Crippen LogP) is 2.01. The van der Waals surface area contributed by atoms with E-state index in [0.717, 1.165) is 11.4 Å². The topological polar surface area (TPSA) is 69.7 Å². The van der Waals surface area contributed by atoms with Crippen molar-refractivity contribution in [1.82, 2.24) is 15.1 Å². The van der Waals surface area contributed by atoms with Gasteiger partial charge in [0.15, 0.2) is 0 Å². The summed E-state index contributed by atoms with van der Waals surface area (Å²) < 4.78 is 0. The number of nitrogens with zero attached hydrogens (tertiary/aromatic N) is 2. The lowest BCUT2D eigenvalue weighted by molar-refractivity contribution is -0.126. The van der Waals surface area contributed by atoms with Crippen LogP contribution in [0.3, 0.4) is 0 Å². The normalized spacial score (nSPS) is 15.6. The van der Waals surface area contributed by atoms with Crippen LogP contribution in [-0.2, 0) is 4.79 Å². The standard InChI is InChI=1S/C20H29N3O3/c1-13(2)16(17(24)21-11-20(3,4)12-22(5)6)23-18(25)14-9-7-8-10-15(14)19(23)26/h7-10,13,16H,11-12H2,1-6H3,(H,21,24). The van der Waals surface area contributed by atoms with Crippen LogP contribution in [0.25, 0.3) is 0 Å². The number of fused-ring (bicyclic) bond motifs is 1. The van der Waals surface area contributed by atoms with Gasteiger partial charge in [0.2, 0.25) is 5.91 Å². The third kappa shape index (κ3) is 4.12. The van der Waals surface area contributed by atoms with Gasteiger partial charge in [0.1, 0.15) is 6.04 Å². The number of benzene rings is 1. The van der Waals surface area contributed by atoms with Crippen molar-refractivity contribution in [2.24, 2.45) is 11.3 Å². The maximum Gasteiger partial charge on any atom is 0.262 e. The molecule has 1 heterocycles. The second kappa shape index (κ2) is 7.58. The van der Waals surface area contributed by atoms with Crippen molar-refractivity contribution >= 4 is 17.7 Å². The number of rotatable bonds is 7.